The van der Waals surface area contributed by atoms with Crippen LogP contribution in [0.3, 0.4) is 0 Å². The standard InChI is InChI=1S/C14H13BrFNO/c1-18-13-7-2-10(14(15)8-13)9-17-12-5-3-11(16)4-6-12/h2-8,17H,9H2,1H3. The Hall–Kier alpha value is -1.55. The molecule has 4 heteroatoms. The Morgan fingerprint density at radius 3 is 2.50 bits per heavy atom. The van der Waals surface area contributed by atoms with Gasteiger partial charge in [0.15, 0.2) is 0 Å². The van der Waals surface area contributed by atoms with E-state index in [9.17, 15) is 4.39 Å². The Balaban J connectivity index is 2.04. The molecule has 94 valence electrons. The van der Waals surface area contributed by atoms with Gasteiger partial charge in [-0.2, -0.15) is 0 Å². The largest absolute Gasteiger partial charge is 0.497 e. The van der Waals surface area contributed by atoms with Crippen molar-refractivity contribution in [2.75, 3.05) is 12.4 Å². The maximum absolute atomic E-state index is 12.7. The summed E-state index contributed by atoms with van der Waals surface area (Å²) in [5.41, 5.74) is 2.00. The third-order valence-corrected chi connectivity index (χ3v) is 3.33. The van der Waals surface area contributed by atoms with Crippen molar-refractivity contribution in [2.45, 2.75) is 6.54 Å². The lowest BCUT2D eigenvalue weighted by molar-refractivity contribution is 0.414. The first-order valence-corrected chi connectivity index (χ1v) is 6.30. The molecule has 18 heavy (non-hydrogen) atoms. The zero-order valence-corrected chi connectivity index (χ0v) is 11.5. The van der Waals surface area contributed by atoms with E-state index in [1.165, 1.54) is 12.1 Å². The minimum atomic E-state index is -0.230. The summed E-state index contributed by atoms with van der Waals surface area (Å²) in [6, 6.07) is 12.1. The lowest BCUT2D eigenvalue weighted by Crippen LogP contribution is -2.00. The summed E-state index contributed by atoms with van der Waals surface area (Å²) >= 11 is 3.49. The molecule has 0 atom stereocenters. The summed E-state index contributed by atoms with van der Waals surface area (Å²) in [5.74, 6) is 0.582. The number of rotatable bonds is 4. The highest BCUT2D eigenvalue weighted by molar-refractivity contribution is 9.10. The van der Waals surface area contributed by atoms with Gasteiger partial charge in [0.05, 0.1) is 7.11 Å². The molecule has 0 saturated carbocycles. The molecule has 2 aromatic rings. The molecule has 2 rings (SSSR count). The van der Waals surface area contributed by atoms with Gasteiger partial charge in [-0.3, -0.25) is 0 Å². The van der Waals surface area contributed by atoms with Gasteiger partial charge in [0.2, 0.25) is 0 Å². The summed E-state index contributed by atoms with van der Waals surface area (Å²) < 4.78 is 18.9. The minimum Gasteiger partial charge on any atom is -0.497 e. The second-order valence-electron chi connectivity index (χ2n) is 3.82. The van der Waals surface area contributed by atoms with E-state index in [0.29, 0.717) is 6.54 Å². The van der Waals surface area contributed by atoms with Gasteiger partial charge < -0.3 is 10.1 Å². The highest BCUT2D eigenvalue weighted by atomic mass is 79.9. The van der Waals surface area contributed by atoms with Crippen LogP contribution in [0.25, 0.3) is 0 Å². The van der Waals surface area contributed by atoms with Gasteiger partial charge in [-0.15, -0.1) is 0 Å². The first kappa shape index (κ1) is 12.9. The number of anilines is 1. The average Bonchev–Trinajstić information content (AvgIpc) is 2.39. The molecule has 0 radical (unpaired) electrons. The Labute approximate surface area is 114 Å². The smallest absolute Gasteiger partial charge is 0.123 e. The molecule has 0 heterocycles. The van der Waals surface area contributed by atoms with Crippen LogP contribution in [0.1, 0.15) is 5.56 Å². The third-order valence-electron chi connectivity index (χ3n) is 2.59. The number of benzene rings is 2. The number of halogens is 2. The summed E-state index contributed by atoms with van der Waals surface area (Å²) in [6.45, 7) is 0.663. The summed E-state index contributed by atoms with van der Waals surface area (Å²) in [4.78, 5) is 0. The maximum Gasteiger partial charge on any atom is 0.123 e. The van der Waals surface area contributed by atoms with Crippen molar-refractivity contribution in [3.8, 4) is 5.75 Å². The van der Waals surface area contributed by atoms with Crippen LogP contribution >= 0.6 is 15.9 Å². The van der Waals surface area contributed by atoms with Gasteiger partial charge in [-0.25, -0.2) is 4.39 Å². The number of hydrogen-bond acceptors (Lipinski definition) is 2. The lowest BCUT2D eigenvalue weighted by Gasteiger charge is -2.09. The molecule has 0 unspecified atom stereocenters. The number of nitrogens with one attached hydrogen (secondary N) is 1. The van der Waals surface area contributed by atoms with E-state index in [1.54, 1.807) is 19.2 Å². The molecule has 1 N–H and O–H groups in total. The van der Waals surface area contributed by atoms with Gasteiger partial charge in [-0.05, 0) is 42.0 Å². The second-order valence-corrected chi connectivity index (χ2v) is 4.67. The van der Waals surface area contributed by atoms with Gasteiger partial charge in [0, 0.05) is 16.7 Å². The van der Waals surface area contributed by atoms with Crippen LogP contribution in [-0.2, 0) is 6.54 Å². The quantitative estimate of drug-likeness (QED) is 0.913. The number of hydrogen-bond donors (Lipinski definition) is 1. The van der Waals surface area contributed by atoms with E-state index in [0.717, 1.165) is 21.5 Å². The molecule has 2 nitrogen and oxygen atoms in total. The van der Waals surface area contributed by atoms with Crippen LogP contribution in [0.4, 0.5) is 10.1 Å². The van der Waals surface area contributed by atoms with Crippen LogP contribution in [0, 0.1) is 5.82 Å². The van der Waals surface area contributed by atoms with Crippen molar-refractivity contribution in [1.82, 2.24) is 0 Å². The fourth-order valence-corrected chi connectivity index (χ4v) is 2.06. The van der Waals surface area contributed by atoms with Crippen molar-refractivity contribution in [1.29, 1.82) is 0 Å². The molecule has 2 aromatic carbocycles. The predicted octanol–water partition coefficient (Wildman–Crippen LogP) is 4.21. The van der Waals surface area contributed by atoms with Crippen molar-refractivity contribution in [3.05, 3.63) is 58.3 Å². The van der Waals surface area contributed by atoms with Gasteiger partial charge in [-0.1, -0.05) is 22.0 Å². The minimum absolute atomic E-state index is 0.230. The average molecular weight is 310 g/mol. The topological polar surface area (TPSA) is 21.3 Å². The maximum atomic E-state index is 12.7. The van der Waals surface area contributed by atoms with Gasteiger partial charge >= 0.3 is 0 Å². The first-order chi connectivity index (χ1) is 8.69. The van der Waals surface area contributed by atoms with Crippen molar-refractivity contribution < 1.29 is 9.13 Å². The molecular formula is C14H13BrFNO. The second kappa shape index (κ2) is 5.87. The Morgan fingerprint density at radius 1 is 1.17 bits per heavy atom. The predicted molar refractivity (Wildman–Crippen MR) is 74.4 cm³/mol. The van der Waals surface area contributed by atoms with Crippen molar-refractivity contribution in [2.24, 2.45) is 0 Å². The highest BCUT2D eigenvalue weighted by Crippen LogP contribution is 2.23. The van der Waals surface area contributed by atoms with E-state index in [4.69, 9.17) is 4.74 Å². The molecule has 0 aliphatic heterocycles. The number of ether oxygens (including phenoxy) is 1. The molecule has 0 aliphatic rings. The molecule has 0 amide bonds. The monoisotopic (exact) mass is 309 g/mol. The SMILES string of the molecule is COc1ccc(CNc2ccc(F)cc2)c(Br)c1. The van der Waals surface area contributed by atoms with Crippen LogP contribution in [0.15, 0.2) is 46.9 Å². The van der Waals surface area contributed by atoms with Gasteiger partial charge in [0.25, 0.3) is 0 Å². The van der Waals surface area contributed by atoms with Crippen LogP contribution in [-0.4, -0.2) is 7.11 Å². The van der Waals surface area contributed by atoms with E-state index in [2.05, 4.69) is 21.2 Å². The summed E-state index contributed by atoms with van der Waals surface area (Å²) in [5, 5.41) is 3.23. The van der Waals surface area contributed by atoms with Crippen LogP contribution < -0.4 is 10.1 Å². The highest BCUT2D eigenvalue weighted by Gasteiger charge is 2.02. The van der Waals surface area contributed by atoms with Crippen molar-refractivity contribution >= 4 is 21.6 Å². The normalized spacial score (nSPS) is 10.2. The van der Waals surface area contributed by atoms with E-state index in [1.807, 2.05) is 18.2 Å². The Kier molecular flexibility index (Phi) is 4.20. The molecule has 0 fully saturated rings. The van der Waals surface area contributed by atoms with Crippen LogP contribution in [0.2, 0.25) is 0 Å². The molecule has 0 saturated heterocycles. The zero-order valence-electron chi connectivity index (χ0n) is 9.91. The van der Waals surface area contributed by atoms with E-state index >= 15 is 0 Å². The molecule has 0 bridgehead atoms. The van der Waals surface area contributed by atoms with E-state index in [-0.39, 0.29) is 5.82 Å². The zero-order chi connectivity index (χ0) is 13.0. The van der Waals surface area contributed by atoms with Gasteiger partial charge in [0.1, 0.15) is 11.6 Å². The fraction of sp³-hybridized carbons (Fsp3) is 0.143. The van der Waals surface area contributed by atoms with Crippen molar-refractivity contribution in [3.63, 3.8) is 0 Å². The van der Waals surface area contributed by atoms with E-state index < -0.39 is 0 Å². The fourth-order valence-electron chi connectivity index (χ4n) is 1.56. The molecular weight excluding hydrogens is 297 g/mol. The molecule has 0 aromatic heterocycles. The first-order valence-electron chi connectivity index (χ1n) is 5.51. The Morgan fingerprint density at radius 2 is 1.89 bits per heavy atom. The summed E-state index contributed by atoms with van der Waals surface area (Å²) in [7, 11) is 1.64. The lowest BCUT2D eigenvalue weighted by atomic mass is 10.2. The summed E-state index contributed by atoms with van der Waals surface area (Å²) in [6.07, 6.45) is 0. The molecule has 0 spiro atoms. The van der Waals surface area contributed by atoms with Crippen LogP contribution in [0.5, 0.6) is 5.75 Å². The molecule has 0 aliphatic carbocycles. The Bertz CT molecular complexity index is 528. The third kappa shape index (κ3) is 3.23. The number of methoxy groups -OCH3 is 1.